The third-order valence-electron chi connectivity index (χ3n) is 3.30. The topological polar surface area (TPSA) is 61.8 Å². The van der Waals surface area contributed by atoms with Gasteiger partial charge in [0.25, 0.3) is 5.56 Å². The van der Waals surface area contributed by atoms with Crippen LogP contribution in [0.5, 0.6) is 0 Å². The van der Waals surface area contributed by atoms with Crippen molar-refractivity contribution >= 4 is 11.0 Å². The molecule has 0 radical (unpaired) electrons. The first-order valence-electron chi connectivity index (χ1n) is 6.25. The molecule has 0 saturated heterocycles. The van der Waals surface area contributed by atoms with E-state index in [0.717, 1.165) is 10.1 Å². The standard InChI is InChI=1S/C14H14N4O2/c1-16-9-11-12(15-16)18(14(20)17(2)13(11)19)8-10-6-4-3-5-7-10/h3-7,9H,8H2,1-2H3. The van der Waals surface area contributed by atoms with Crippen LogP contribution in [-0.2, 0) is 20.6 Å². The predicted octanol–water partition coefficient (Wildman–Crippen LogP) is 0.482. The van der Waals surface area contributed by atoms with Crippen LogP contribution in [0.3, 0.4) is 0 Å². The molecule has 6 heteroatoms. The molecule has 20 heavy (non-hydrogen) atoms. The van der Waals surface area contributed by atoms with E-state index in [1.165, 1.54) is 11.6 Å². The van der Waals surface area contributed by atoms with Crippen molar-refractivity contribution in [2.45, 2.75) is 6.54 Å². The van der Waals surface area contributed by atoms with E-state index in [-0.39, 0.29) is 11.2 Å². The maximum absolute atomic E-state index is 12.3. The lowest BCUT2D eigenvalue weighted by Crippen LogP contribution is -2.38. The third kappa shape index (κ3) is 1.85. The van der Waals surface area contributed by atoms with E-state index < -0.39 is 0 Å². The highest BCUT2D eigenvalue weighted by molar-refractivity contribution is 5.73. The van der Waals surface area contributed by atoms with Crippen LogP contribution in [0.25, 0.3) is 11.0 Å². The molecule has 2 heterocycles. The van der Waals surface area contributed by atoms with Crippen molar-refractivity contribution in [1.82, 2.24) is 18.9 Å². The fourth-order valence-corrected chi connectivity index (χ4v) is 2.27. The van der Waals surface area contributed by atoms with Gasteiger partial charge >= 0.3 is 5.69 Å². The molecule has 0 aliphatic rings. The molecule has 102 valence electrons. The lowest BCUT2D eigenvalue weighted by atomic mass is 10.2. The maximum Gasteiger partial charge on any atom is 0.332 e. The first-order chi connectivity index (χ1) is 9.58. The molecule has 0 N–H and O–H groups in total. The zero-order chi connectivity index (χ0) is 14.3. The van der Waals surface area contributed by atoms with Gasteiger partial charge in [-0.15, -0.1) is 0 Å². The van der Waals surface area contributed by atoms with E-state index in [0.29, 0.717) is 17.6 Å². The van der Waals surface area contributed by atoms with E-state index in [1.54, 1.807) is 17.9 Å². The summed E-state index contributed by atoms with van der Waals surface area (Å²) in [4.78, 5) is 24.4. The Hall–Kier alpha value is -2.63. The normalized spacial score (nSPS) is 11.1. The summed E-state index contributed by atoms with van der Waals surface area (Å²) in [6.07, 6.45) is 1.64. The fourth-order valence-electron chi connectivity index (χ4n) is 2.27. The molecule has 0 aliphatic carbocycles. The van der Waals surface area contributed by atoms with Crippen molar-refractivity contribution in [1.29, 1.82) is 0 Å². The molecule has 0 fully saturated rings. The average molecular weight is 270 g/mol. The van der Waals surface area contributed by atoms with Crippen LogP contribution < -0.4 is 11.2 Å². The Kier molecular flexibility index (Phi) is 2.78. The van der Waals surface area contributed by atoms with Gasteiger partial charge in [0.15, 0.2) is 5.65 Å². The number of aromatic nitrogens is 4. The maximum atomic E-state index is 12.3. The first kappa shape index (κ1) is 12.4. The van der Waals surface area contributed by atoms with Gasteiger partial charge in [-0.05, 0) is 5.56 Å². The minimum absolute atomic E-state index is 0.317. The minimum atomic E-state index is -0.356. The summed E-state index contributed by atoms with van der Waals surface area (Å²) in [5.41, 5.74) is 0.733. The molecule has 3 aromatic rings. The molecule has 6 nitrogen and oxygen atoms in total. The average Bonchev–Trinajstić information content (AvgIpc) is 2.84. The van der Waals surface area contributed by atoms with Crippen LogP contribution in [0, 0.1) is 0 Å². The van der Waals surface area contributed by atoms with Gasteiger partial charge in [0.2, 0.25) is 0 Å². The summed E-state index contributed by atoms with van der Waals surface area (Å²) >= 11 is 0. The molecule has 2 aromatic heterocycles. The zero-order valence-electron chi connectivity index (χ0n) is 11.3. The van der Waals surface area contributed by atoms with Gasteiger partial charge in [0.1, 0.15) is 5.39 Å². The van der Waals surface area contributed by atoms with E-state index in [2.05, 4.69) is 5.10 Å². The molecule has 0 unspecified atom stereocenters. The first-order valence-corrected chi connectivity index (χ1v) is 6.25. The van der Waals surface area contributed by atoms with Crippen LogP contribution in [-0.4, -0.2) is 18.9 Å². The van der Waals surface area contributed by atoms with Crippen LogP contribution in [0.15, 0.2) is 46.1 Å². The van der Waals surface area contributed by atoms with E-state index in [1.807, 2.05) is 30.3 Å². The monoisotopic (exact) mass is 270 g/mol. The summed E-state index contributed by atoms with van der Waals surface area (Å²) in [5, 5.41) is 4.69. The van der Waals surface area contributed by atoms with Crippen LogP contribution in [0.4, 0.5) is 0 Å². The molecule has 0 amide bonds. The smallest absolute Gasteiger partial charge is 0.273 e. The van der Waals surface area contributed by atoms with Gasteiger partial charge < -0.3 is 0 Å². The number of benzene rings is 1. The van der Waals surface area contributed by atoms with Gasteiger partial charge in [-0.2, -0.15) is 5.10 Å². The summed E-state index contributed by atoms with van der Waals surface area (Å²) in [7, 11) is 3.22. The number of nitrogens with zero attached hydrogens (tertiary/aromatic N) is 4. The Morgan fingerprint density at radius 2 is 1.80 bits per heavy atom. The number of aryl methyl sites for hydroxylation is 1. The Morgan fingerprint density at radius 3 is 2.50 bits per heavy atom. The Balaban J connectivity index is 2.30. The highest BCUT2D eigenvalue weighted by Gasteiger charge is 2.14. The fraction of sp³-hybridized carbons (Fsp3) is 0.214. The Morgan fingerprint density at radius 1 is 1.10 bits per heavy atom. The van der Waals surface area contributed by atoms with Crippen molar-refractivity contribution in [3.63, 3.8) is 0 Å². The second-order valence-corrected chi connectivity index (χ2v) is 4.76. The summed E-state index contributed by atoms with van der Waals surface area (Å²) in [6.45, 7) is 0.390. The van der Waals surface area contributed by atoms with Gasteiger partial charge in [-0.3, -0.25) is 18.6 Å². The number of hydrogen-bond acceptors (Lipinski definition) is 3. The second-order valence-electron chi connectivity index (χ2n) is 4.76. The van der Waals surface area contributed by atoms with Crippen molar-refractivity contribution in [3.05, 3.63) is 62.9 Å². The van der Waals surface area contributed by atoms with Crippen molar-refractivity contribution < 1.29 is 0 Å². The van der Waals surface area contributed by atoms with E-state index >= 15 is 0 Å². The molecule has 1 aromatic carbocycles. The third-order valence-corrected chi connectivity index (χ3v) is 3.30. The van der Waals surface area contributed by atoms with E-state index in [9.17, 15) is 9.59 Å². The van der Waals surface area contributed by atoms with Crippen LogP contribution in [0.1, 0.15) is 5.56 Å². The van der Waals surface area contributed by atoms with Gasteiger partial charge in [0.05, 0.1) is 6.54 Å². The Labute approximate surface area is 114 Å². The summed E-state index contributed by atoms with van der Waals surface area (Å²) in [6, 6.07) is 9.62. The highest BCUT2D eigenvalue weighted by Crippen LogP contribution is 2.07. The summed E-state index contributed by atoms with van der Waals surface area (Å²) in [5.74, 6) is 0. The number of rotatable bonds is 2. The number of hydrogen-bond donors (Lipinski definition) is 0. The molecule has 0 atom stereocenters. The molecule has 0 bridgehead atoms. The lowest BCUT2D eigenvalue weighted by molar-refractivity contribution is 0.661. The minimum Gasteiger partial charge on any atom is -0.273 e. The lowest BCUT2D eigenvalue weighted by Gasteiger charge is -2.08. The van der Waals surface area contributed by atoms with Gasteiger partial charge in [-0.25, -0.2) is 4.79 Å². The molecular weight excluding hydrogens is 256 g/mol. The highest BCUT2D eigenvalue weighted by atomic mass is 16.2. The van der Waals surface area contributed by atoms with Crippen molar-refractivity contribution in [2.24, 2.45) is 14.1 Å². The molecule has 3 rings (SSSR count). The zero-order valence-corrected chi connectivity index (χ0v) is 11.3. The van der Waals surface area contributed by atoms with Crippen molar-refractivity contribution in [3.8, 4) is 0 Å². The number of fused-ring (bicyclic) bond motifs is 1. The summed E-state index contributed by atoms with van der Waals surface area (Å²) < 4.78 is 4.19. The Bertz CT molecular complexity index is 887. The molecule has 0 saturated carbocycles. The predicted molar refractivity (Wildman–Crippen MR) is 75.8 cm³/mol. The molecule has 0 spiro atoms. The van der Waals surface area contributed by atoms with Gasteiger partial charge in [0, 0.05) is 20.3 Å². The van der Waals surface area contributed by atoms with Crippen LogP contribution >= 0.6 is 0 Å². The van der Waals surface area contributed by atoms with Gasteiger partial charge in [-0.1, -0.05) is 30.3 Å². The molecular formula is C14H14N4O2. The van der Waals surface area contributed by atoms with E-state index in [4.69, 9.17) is 0 Å². The molecule has 0 aliphatic heterocycles. The largest absolute Gasteiger partial charge is 0.332 e. The quantitative estimate of drug-likeness (QED) is 0.680. The SMILES string of the molecule is Cn1cc2c(=O)n(C)c(=O)n(Cc3ccccc3)c2n1. The van der Waals surface area contributed by atoms with Crippen molar-refractivity contribution in [2.75, 3.05) is 0 Å². The second kappa shape index (κ2) is 4.48. The van der Waals surface area contributed by atoms with Crippen LogP contribution in [0.2, 0.25) is 0 Å².